The van der Waals surface area contributed by atoms with Crippen LogP contribution in [0.2, 0.25) is 0 Å². The molecule has 300 valence electrons. The zero-order chi connectivity index (χ0) is 37.3. The summed E-state index contributed by atoms with van der Waals surface area (Å²) in [5.74, 6) is 1.00. The highest BCUT2D eigenvalue weighted by Crippen LogP contribution is 2.89. The van der Waals surface area contributed by atoms with E-state index in [4.69, 9.17) is 28.4 Å². The molecule has 14 atom stereocenters. The highest BCUT2D eigenvalue weighted by molar-refractivity contribution is 5.72. The Bertz CT molecular complexity index is 1410. The Hall–Kier alpha value is -0.850. The molecule has 4 heterocycles. The van der Waals surface area contributed by atoms with Crippen molar-refractivity contribution in [3.05, 3.63) is 0 Å². The summed E-state index contributed by atoms with van der Waals surface area (Å²) in [6.45, 7) is 20.9. The summed E-state index contributed by atoms with van der Waals surface area (Å²) in [7, 11) is 0. The Morgan fingerprint density at radius 1 is 0.925 bits per heavy atom. The molecule has 4 saturated heterocycles. The first kappa shape index (κ1) is 37.7. The van der Waals surface area contributed by atoms with Crippen molar-refractivity contribution < 1.29 is 43.4 Å². The van der Waals surface area contributed by atoms with Crippen LogP contribution in [0.25, 0.3) is 0 Å². The minimum atomic E-state index is -1.28. The van der Waals surface area contributed by atoms with Gasteiger partial charge in [0.25, 0.3) is 0 Å². The number of hydrogen-bond acceptors (Lipinski definition) is 10. The van der Waals surface area contributed by atoms with E-state index in [1.165, 1.54) is 25.7 Å². The van der Waals surface area contributed by atoms with Crippen molar-refractivity contribution in [2.45, 2.75) is 161 Å². The summed E-state index contributed by atoms with van der Waals surface area (Å²) in [4.78, 5) is 15.9. The molecule has 5 saturated carbocycles. The molecule has 0 bridgehead atoms. The minimum absolute atomic E-state index is 0.0426. The number of rotatable bonds is 7. The zero-order valence-electron chi connectivity index (χ0n) is 33.6. The maximum absolute atomic E-state index is 13.4. The Balaban J connectivity index is 0.933. The predicted molar refractivity (Wildman–Crippen MR) is 197 cm³/mol. The van der Waals surface area contributed by atoms with Crippen LogP contribution >= 0.6 is 0 Å². The summed E-state index contributed by atoms with van der Waals surface area (Å²) in [6.07, 6.45) is 7.91. The summed E-state index contributed by atoms with van der Waals surface area (Å²) < 4.78 is 37.3. The van der Waals surface area contributed by atoms with Gasteiger partial charge in [0.05, 0.1) is 68.3 Å². The Labute approximate surface area is 317 Å². The van der Waals surface area contributed by atoms with Crippen molar-refractivity contribution in [3.8, 4) is 0 Å². The van der Waals surface area contributed by atoms with Gasteiger partial charge in [-0.1, -0.05) is 34.6 Å². The fourth-order valence-electron chi connectivity index (χ4n) is 15.2. The number of carbonyl (C=O) groups excluding carboxylic acids is 1. The van der Waals surface area contributed by atoms with Crippen molar-refractivity contribution in [1.29, 1.82) is 0 Å². The van der Waals surface area contributed by atoms with Gasteiger partial charge in [0, 0.05) is 25.2 Å². The molecule has 10 nitrogen and oxygen atoms in total. The van der Waals surface area contributed by atoms with E-state index < -0.39 is 23.9 Å². The Morgan fingerprint density at radius 3 is 2.34 bits per heavy atom. The van der Waals surface area contributed by atoms with Crippen molar-refractivity contribution in [2.75, 3.05) is 46.1 Å². The summed E-state index contributed by atoms with van der Waals surface area (Å²) >= 11 is 0. The maximum Gasteiger partial charge on any atom is 0.309 e. The van der Waals surface area contributed by atoms with E-state index in [0.29, 0.717) is 55.8 Å². The second-order valence-electron chi connectivity index (χ2n) is 21.1. The number of aliphatic hydroxyl groups excluding tert-OH is 1. The molecule has 0 aromatic rings. The van der Waals surface area contributed by atoms with Gasteiger partial charge in [-0.05, 0) is 123 Å². The summed E-state index contributed by atoms with van der Waals surface area (Å²) in [5.41, 5.74) is -1.04. The first-order valence-corrected chi connectivity index (χ1v) is 21.5. The SMILES string of the molecule is CC1CC(C(OC(=O)C2CCOCC2)C(C)(C)O)OC2C1C1(C)CCC34CC35CCC(OC3CN(C6COC6)CCO3)C(C)(C)C5CCC4C1(C)C2O. The lowest BCUT2D eigenvalue weighted by Gasteiger charge is -2.64. The molecule has 9 aliphatic rings. The first-order valence-electron chi connectivity index (χ1n) is 21.5. The molecular formula is C43H69NO9. The molecule has 10 heteroatoms. The highest BCUT2D eigenvalue weighted by Gasteiger charge is 2.84. The van der Waals surface area contributed by atoms with Crippen LogP contribution < -0.4 is 0 Å². The smallest absolute Gasteiger partial charge is 0.309 e. The minimum Gasteiger partial charge on any atom is -0.456 e. The average Bonchev–Trinajstić information content (AvgIpc) is 3.72. The van der Waals surface area contributed by atoms with Crippen molar-refractivity contribution in [3.63, 3.8) is 0 Å². The van der Waals surface area contributed by atoms with Crippen LogP contribution in [0.4, 0.5) is 0 Å². The lowest BCUT2D eigenvalue weighted by Crippen LogP contribution is -2.60. The number of esters is 1. The van der Waals surface area contributed by atoms with Crippen LogP contribution in [0.15, 0.2) is 0 Å². The normalized spacial score (nSPS) is 50.4. The fraction of sp³-hybridized carbons (Fsp3) is 0.977. The third-order valence-corrected chi connectivity index (χ3v) is 18.1. The van der Waals surface area contributed by atoms with Crippen molar-refractivity contribution in [1.82, 2.24) is 4.90 Å². The van der Waals surface area contributed by atoms with Gasteiger partial charge in [-0.25, -0.2) is 0 Å². The van der Waals surface area contributed by atoms with Crippen molar-refractivity contribution >= 4 is 5.97 Å². The van der Waals surface area contributed by atoms with E-state index >= 15 is 0 Å². The molecule has 5 aliphatic carbocycles. The molecule has 9 rings (SSSR count). The van der Waals surface area contributed by atoms with E-state index in [2.05, 4.69) is 39.5 Å². The second-order valence-corrected chi connectivity index (χ2v) is 21.1. The molecule has 14 unspecified atom stereocenters. The van der Waals surface area contributed by atoms with Gasteiger partial charge < -0.3 is 38.6 Å². The van der Waals surface area contributed by atoms with Gasteiger partial charge in [-0.15, -0.1) is 0 Å². The fourth-order valence-corrected chi connectivity index (χ4v) is 15.2. The molecule has 53 heavy (non-hydrogen) atoms. The molecule has 0 aromatic heterocycles. The molecule has 0 aromatic carbocycles. The van der Waals surface area contributed by atoms with E-state index in [-0.39, 0.29) is 63.9 Å². The van der Waals surface area contributed by atoms with Crippen LogP contribution in [0.3, 0.4) is 0 Å². The molecule has 2 N–H and O–H groups in total. The summed E-state index contributed by atoms with van der Waals surface area (Å²) in [5, 5.41) is 24.2. The number of nitrogens with zero attached hydrogens (tertiary/aromatic N) is 1. The molecule has 9 fully saturated rings. The molecule has 0 amide bonds. The average molecular weight is 744 g/mol. The number of hydrogen-bond donors (Lipinski definition) is 2. The highest BCUT2D eigenvalue weighted by atomic mass is 16.7. The van der Waals surface area contributed by atoms with Crippen molar-refractivity contribution in [2.24, 2.45) is 56.7 Å². The van der Waals surface area contributed by atoms with Gasteiger partial charge in [0.2, 0.25) is 0 Å². The number of carbonyl (C=O) groups is 1. The van der Waals surface area contributed by atoms with Crippen LogP contribution in [0.1, 0.15) is 113 Å². The monoisotopic (exact) mass is 743 g/mol. The second kappa shape index (κ2) is 12.8. The lowest BCUT2D eigenvalue weighted by atomic mass is 9.41. The predicted octanol–water partition coefficient (Wildman–Crippen LogP) is 5.35. The standard InChI is InChI=1S/C43H69NO9/c1-25-20-28(36(39(4,5)47)53-37(46)26-11-17-48-18-12-26)51-34-33(25)40(6)14-15-43-24-42(43)13-10-31(52-32-21-44(16-19-50-32)27-22-49-23-27)38(2,3)29(42)8-9-30(43)41(40,7)35(34)45/h25-36,45,47H,8-24H2,1-7H3. The van der Waals surface area contributed by atoms with Gasteiger partial charge in [-0.2, -0.15) is 0 Å². The van der Waals surface area contributed by atoms with Crippen LogP contribution in [-0.2, 0) is 33.2 Å². The number of fused-ring (bicyclic) bond motifs is 4. The van der Waals surface area contributed by atoms with Gasteiger partial charge in [0.15, 0.2) is 12.4 Å². The van der Waals surface area contributed by atoms with Gasteiger partial charge in [-0.3, -0.25) is 9.69 Å². The lowest BCUT2D eigenvalue weighted by molar-refractivity contribution is -0.256. The molecular weight excluding hydrogens is 674 g/mol. The number of morpholine rings is 1. The Kier molecular flexibility index (Phi) is 9.13. The molecule has 4 aliphatic heterocycles. The molecule has 0 radical (unpaired) electrons. The van der Waals surface area contributed by atoms with E-state index in [1.807, 2.05) is 0 Å². The topological polar surface area (TPSA) is 116 Å². The van der Waals surface area contributed by atoms with Crippen LogP contribution in [0.5, 0.6) is 0 Å². The van der Waals surface area contributed by atoms with Crippen LogP contribution in [-0.4, -0.2) is 116 Å². The third-order valence-electron chi connectivity index (χ3n) is 18.1. The van der Waals surface area contributed by atoms with E-state index in [0.717, 1.165) is 52.2 Å². The zero-order valence-corrected chi connectivity index (χ0v) is 33.6. The quantitative estimate of drug-likeness (QED) is 0.331. The summed E-state index contributed by atoms with van der Waals surface area (Å²) in [6, 6.07) is 0.504. The maximum atomic E-state index is 13.4. The molecule has 2 spiro atoms. The van der Waals surface area contributed by atoms with Gasteiger partial charge in [0.1, 0.15) is 0 Å². The van der Waals surface area contributed by atoms with Gasteiger partial charge >= 0.3 is 5.97 Å². The van der Waals surface area contributed by atoms with Crippen LogP contribution in [0, 0.1) is 56.7 Å². The van der Waals surface area contributed by atoms with E-state index in [1.54, 1.807) is 13.8 Å². The number of aliphatic hydroxyl groups is 2. The van der Waals surface area contributed by atoms with E-state index in [9.17, 15) is 15.0 Å². The third kappa shape index (κ3) is 5.41. The first-order chi connectivity index (χ1) is 25.1. The number of ether oxygens (including phenoxy) is 6. The Morgan fingerprint density at radius 2 is 1.64 bits per heavy atom. The largest absolute Gasteiger partial charge is 0.456 e.